The van der Waals surface area contributed by atoms with Crippen LogP contribution in [0.2, 0.25) is 0 Å². The van der Waals surface area contributed by atoms with Crippen molar-refractivity contribution in [1.29, 1.82) is 0 Å². The average molecular weight is 267 g/mol. The van der Waals surface area contributed by atoms with Gasteiger partial charge >= 0.3 is 6.09 Å². The van der Waals surface area contributed by atoms with E-state index in [0.29, 0.717) is 19.5 Å². The number of ether oxygens (including phenoxy) is 1. The number of rotatable bonds is 2. The van der Waals surface area contributed by atoms with Crippen molar-refractivity contribution in [2.45, 2.75) is 38.9 Å². The Kier molecular flexibility index (Phi) is 3.85. The topological polar surface area (TPSA) is 62.9 Å². The molecule has 1 aliphatic rings. The zero-order valence-electron chi connectivity index (χ0n) is 11.6. The SMILES string of the molecule is CC(C)(C)OC(=O)N1C[C@@H](Cc2ccco2)[C@H](O)C1. The molecule has 1 amide bonds. The summed E-state index contributed by atoms with van der Waals surface area (Å²) in [5, 5.41) is 10.0. The first kappa shape index (κ1) is 13.9. The van der Waals surface area contributed by atoms with Crippen LogP contribution in [-0.2, 0) is 11.2 Å². The van der Waals surface area contributed by atoms with E-state index in [1.165, 1.54) is 0 Å². The molecular formula is C14H21NO4. The van der Waals surface area contributed by atoms with Gasteiger partial charge in [-0.3, -0.25) is 0 Å². The van der Waals surface area contributed by atoms with Gasteiger partial charge in [0.2, 0.25) is 0 Å². The number of nitrogens with zero attached hydrogens (tertiary/aromatic N) is 1. The number of β-amino-alcohol motifs (C(OH)–C–C–N with tert-alkyl or cyclic N) is 1. The van der Waals surface area contributed by atoms with E-state index in [1.54, 1.807) is 11.2 Å². The monoisotopic (exact) mass is 267 g/mol. The van der Waals surface area contributed by atoms with Gasteiger partial charge in [0, 0.05) is 18.9 Å². The molecule has 0 saturated carbocycles. The van der Waals surface area contributed by atoms with Crippen molar-refractivity contribution in [3.63, 3.8) is 0 Å². The number of amides is 1. The summed E-state index contributed by atoms with van der Waals surface area (Å²) in [6.07, 6.45) is 1.35. The van der Waals surface area contributed by atoms with Gasteiger partial charge in [0.05, 0.1) is 18.9 Å². The predicted octanol–water partition coefficient (Wildman–Crippen LogP) is 2.05. The molecule has 1 aliphatic heterocycles. The maximum Gasteiger partial charge on any atom is 0.410 e. The Morgan fingerprint density at radius 2 is 2.26 bits per heavy atom. The Morgan fingerprint density at radius 1 is 1.53 bits per heavy atom. The lowest BCUT2D eigenvalue weighted by Crippen LogP contribution is -2.35. The van der Waals surface area contributed by atoms with Crippen LogP contribution in [0.1, 0.15) is 26.5 Å². The molecule has 0 aliphatic carbocycles. The van der Waals surface area contributed by atoms with Gasteiger partial charge in [-0.1, -0.05) is 0 Å². The van der Waals surface area contributed by atoms with Crippen LogP contribution in [-0.4, -0.2) is 40.9 Å². The van der Waals surface area contributed by atoms with Crippen LogP contribution in [0, 0.1) is 5.92 Å². The van der Waals surface area contributed by atoms with Gasteiger partial charge in [-0.05, 0) is 32.9 Å². The van der Waals surface area contributed by atoms with Crippen molar-refractivity contribution in [2.75, 3.05) is 13.1 Å². The number of furan rings is 1. The van der Waals surface area contributed by atoms with Gasteiger partial charge in [0.25, 0.3) is 0 Å². The normalized spacial score (nSPS) is 23.7. The van der Waals surface area contributed by atoms with E-state index < -0.39 is 11.7 Å². The average Bonchev–Trinajstić information content (AvgIpc) is 2.88. The maximum atomic E-state index is 11.9. The lowest BCUT2D eigenvalue weighted by Gasteiger charge is -2.24. The molecule has 0 radical (unpaired) electrons. The number of aliphatic hydroxyl groups is 1. The Balaban J connectivity index is 1.91. The molecular weight excluding hydrogens is 246 g/mol. The quantitative estimate of drug-likeness (QED) is 0.890. The number of aliphatic hydroxyl groups excluding tert-OH is 1. The minimum atomic E-state index is -0.530. The van der Waals surface area contributed by atoms with Gasteiger partial charge in [0.15, 0.2) is 0 Å². The second kappa shape index (κ2) is 5.25. The van der Waals surface area contributed by atoms with Crippen LogP contribution >= 0.6 is 0 Å². The van der Waals surface area contributed by atoms with Crippen LogP contribution in [0.3, 0.4) is 0 Å². The van der Waals surface area contributed by atoms with E-state index in [-0.39, 0.29) is 12.0 Å². The molecule has 1 saturated heterocycles. The smallest absolute Gasteiger partial charge is 0.410 e. The molecule has 5 heteroatoms. The first-order valence-electron chi connectivity index (χ1n) is 6.53. The fourth-order valence-electron chi connectivity index (χ4n) is 2.22. The fourth-order valence-corrected chi connectivity index (χ4v) is 2.22. The summed E-state index contributed by atoms with van der Waals surface area (Å²) in [5.74, 6) is 0.828. The van der Waals surface area contributed by atoms with E-state index in [1.807, 2.05) is 32.9 Å². The molecule has 106 valence electrons. The second-order valence-corrected chi connectivity index (χ2v) is 6.00. The van der Waals surface area contributed by atoms with Gasteiger partial charge in [0.1, 0.15) is 11.4 Å². The third-order valence-electron chi connectivity index (χ3n) is 3.10. The van der Waals surface area contributed by atoms with Gasteiger partial charge in [-0.2, -0.15) is 0 Å². The molecule has 0 bridgehead atoms. The summed E-state index contributed by atoms with van der Waals surface area (Å²) >= 11 is 0. The third kappa shape index (κ3) is 3.73. The molecule has 5 nitrogen and oxygen atoms in total. The Labute approximate surface area is 113 Å². The fraction of sp³-hybridized carbons (Fsp3) is 0.643. The van der Waals surface area contributed by atoms with Crippen molar-refractivity contribution in [2.24, 2.45) is 5.92 Å². The molecule has 1 N–H and O–H groups in total. The number of likely N-dealkylation sites (tertiary alicyclic amines) is 1. The van der Waals surface area contributed by atoms with E-state index in [9.17, 15) is 9.90 Å². The summed E-state index contributed by atoms with van der Waals surface area (Å²) in [5.41, 5.74) is -0.513. The summed E-state index contributed by atoms with van der Waals surface area (Å²) in [7, 11) is 0. The molecule has 2 heterocycles. The standard InChI is InChI=1S/C14H21NO4/c1-14(2,3)19-13(17)15-8-10(12(16)9-15)7-11-5-4-6-18-11/h4-6,10,12,16H,7-9H2,1-3H3/t10-,12-/m1/s1. The lowest BCUT2D eigenvalue weighted by atomic mass is 10.0. The van der Waals surface area contributed by atoms with E-state index in [2.05, 4.69) is 0 Å². The van der Waals surface area contributed by atoms with Crippen LogP contribution in [0.25, 0.3) is 0 Å². The number of hydrogen-bond donors (Lipinski definition) is 1. The molecule has 19 heavy (non-hydrogen) atoms. The number of hydrogen-bond acceptors (Lipinski definition) is 4. The molecule has 0 unspecified atom stereocenters. The highest BCUT2D eigenvalue weighted by molar-refractivity contribution is 5.68. The molecule has 0 aromatic carbocycles. The van der Waals surface area contributed by atoms with E-state index >= 15 is 0 Å². The highest BCUT2D eigenvalue weighted by Gasteiger charge is 2.36. The van der Waals surface area contributed by atoms with E-state index in [4.69, 9.17) is 9.15 Å². The van der Waals surface area contributed by atoms with Crippen molar-refractivity contribution >= 4 is 6.09 Å². The van der Waals surface area contributed by atoms with Crippen molar-refractivity contribution in [3.8, 4) is 0 Å². The van der Waals surface area contributed by atoms with Crippen LogP contribution < -0.4 is 0 Å². The van der Waals surface area contributed by atoms with Crippen molar-refractivity contribution < 1.29 is 19.1 Å². The summed E-state index contributed by atoms with van der Waals surface area (Å²) in [6.45, 7) is 6.31. The molecule has 1 aromatic rings. The third-order valence-corrected chi connectivity index (χ3v) is 3.10. The Morgan fingerprint density at radius 3 is 2.84 bits per heavy atom. The predicted molar refractivity (Wildman–Crippen MR) is 69.7 cm³/mol. The van der Waals surface area contributed by atoms with Crippen LogP contribution in [0.4, 0.5) is 4.79 Å². The summed E-state index contributed by atoms with van der Waals surface area (Å²) < 4.78 is 10.6. The number of carbonyl (C=O) groups excluding carboxylic acids is 1. The van der Waals surface area contributed by atoms with Gasteiger partial charge in [-0.15, -0.1) is 0 Å². The highest BCUT2D eigenvalue weighted by atomic mass is 16.6. The first-order valence-corrected chi connectivity index (χ1v) is 6.53. The molecule has 0 spiro atoms. The van der Waals surface area contributed by atoms with E-state index in [0.717, 1.165) is 5.76 Å². The molecule has 1 fully saturated rings. The minimum absolute atomic E-state index is 0.00123. The maximum absolute atomic E-state index is 11.9. The first-order chi connectivity index (χ1) is 8.85. The molecule has 1 aromatic heterocycles. The van der Waals surface area contributed by atoms with Gasteiger partial charge in [-0.25, -0.2) is 4.79 Å². The summed E-state index contributed by atoms with van der Waals surface area (Å²) in [4.78, 5) is 13.5. The molecule has 2 atom stereocenters. The Bertz CT molecular complexity index is 421. The highest BCUT2D eigenvalue weighted by Crippen LogP contribution is 2.23. The largest absolute Gasteiger partial charge is 0.469 e. The van der Waals surface area contributed by atoms with Crippen molar-refractivity contribution in [1.82, 2.24) is 4.90 Å². The zero-order chi connectivity index (χ0) is 14.0. The van der Waals surface area contributed by atoms with Gasteiger partial charge < -0.3 is 19.2 Å². The van der Waals surface area contributed by atoms with Crippen molar-refractivity contribution in [3.05, 3.63) is 24.2 Å². The minimum Gasteiger partial charge on any atom is -0.469 e. The second-order valence-electron chi connectivity index (χ2n) is 6.00. The zero-order valence-corrected chi connectivity index (χ0v) is 11.6. The number of carbonyl (C=O) groups is 1. The van der Waals surface area contributed by atoms with Crippen LogP contribution in [0.5, 0.6) is 0 Å². The summed E-state index contributed by atoms with van der Waals surface area (Å²) in [6, 6.07) is 3.70. The van der Waals surface area contributed by atoms with Crippen LogP contribution in [0.15, 0.2) is 22.8 Å². The molecule has 2 rings (SSSR count). The lowest BCUT2D eigenvalue weighted by molar-refractivity contribution is 0.0269. The Hall–Kier alpha value is -1.49.